The van der Waals surface area contributed by atoms with E-state index in [1.165, 1.54) is 0 Å². The second-order valence-corrected chi connectivity index (χ2v) is 6.41. The maximum Gasteiger partial charge on any atom is 0.227 e. The van der Waals surface area contributed by atoms with Crippen LogP contribution in [0.1, 0.15) is 40.0 Å². The third-order valence-corrected chi connectivity index (χ3v) is 3.83. The number of aliphatic hydroxyl groups is 1. The van der Waals surface area contributed by atoms with Gasteiger partial charge in [-0.1, -0.05) is 20.8 Å². The number of amides is 1. The number of rotatable bonds is 9. The van der Waals surface area contributed by atoms with Gasteiger partial charge in [0.1, 0.15) is 0 Å². The second-order valence-electron chi connectivity index (χ2n) is 6.41. The average molecular weight is 286 g/mol. The Labute approximate surface area is 122 Å². The molecule has 0 bridgehead atoms. The normalized spacial score (nSPS) is 23.0. The van der Waals surface area contributed by atoms with Crippen LogP contribution in [0.15, 0.2) is 0 Å². The number of hydrogen-bond donors (Lipinski definition) is 3. The molecule has 1 rings (SSSR count). The lowest BCUT2D eigenvalue weighted by atomic mass is 9.87. The van der Waals surface area contributed by atoms with E-state index in [4.69, 9.17) is 9.84 Å². The van der Waals surface area contributed by atoms with Gasteiger partial charge in [0.25, 0.3) is 0 Å². The molecule has 0 aromatic heterocycles. The number of aliphatic hydroxyl groups excluding tert-OH is 1. The van der Waals surface area contributed by atoms with Crippen molar-refractivity contribution in [3.8, 4) is 0 Å². The summed E-state index contributed by atoms with van der Waals surface area (Å²) in [6, 6.07) is 0.135. The summed E-state index contributed by atoms with van der Waals surface area (Å²) in [5.41, 5.74) is 0.0181. The maximum atomic E-state index is 12.3. The standard InChI is InChI=1S/C15H30N2O3/c1-4-7-16-13-10-20-9-12(13)14(19)17-11-15(2,3)6-5-8-18/h12-13,16,18H,4-11H2,1-3H3,(H,17,19). The number of carbonyl (C=O) groups is 1. The topological polar surface area (TPSA) is 70.6 Å². The van der Waals surface area contributed by atoms with E-state index in [1.54, 1.807) is 0 Å². The lowest BCUT2D eigenvalue weighted by Crippen LogP contribution is -2.46. The molecule has 0 aromatic carbocycles. The van der Waals surface area contributed by atoms with Crippen LogP contribution in [-0.2, 0) is 9.53 Å². The first-order valence-electron chi connectivity index (χ1n) is 7.70. The molecule has 20 heavy (non-hydrogen) atoms. The fraction of sp³-hybridized carbons (Fsp3) is 0.933. The van der Waals surface area contributed by atoms with Gasteiger partial charge in [0, 0.05) is 19.2 Å². The second kappa shape index (κ2) is 8.60. The predicted octanol–water partition coefficient (Wildman–Crippen LogP) is 0.916. The molecule has 118 valence electrons. The highest BCUT2D eigenvalue weighted by molar-refractivity contribution is 5.79. The molecule has 3 N–H and O–H groups in total. The van der Waals surface area contributed by atoms with Crippen molar-refractivity contribution in [2.24, 2.45) is 11.3 Å². The molecule has 0 saturated carbocycles. The van der Waals surface area contributed by atoms with Gasteiger partial charge in [-0.2, -0.15) is 0 Å². The summed E-state index contributed by atoms with van der Waals surface area (Å²) in [6.07, 6.45) is 2.73. The number of ether oxygens (including phenoxy) is 1. The monoisotopic (exact) mass is 286 g/mol. The largest absolute Gasteiger partial charge is 0.396 e. The summed E-state index contributed by atoms with van der Waals surface area (Å²) < 4.78 is 5.43. The van der Waals surface area contributed by atoms with Crippen molar-refractivity contribution in [1.29, 1.82) is 0 Å². The first kappa shape index (κ1) is 17.4. The number of hydrogen-bond acceptors (Lipinski definition) is 4. The smallest absolute Gasteiger partial charge is 0.227 e. The average Bonchev–Trinajstić information content (AvgIpc) is 2.89. The van der Waals surface area contributed by atoms with E-state index in [9.17, 15) is 4.79 Å². The summed E-state index contributed by atoms with van der Waals surface area (Å²) in [6.45, 7) is 9.22. The fourth-order valence-electron chi connectivity index (χ4n) is 2.45. The molecule has 1 fully saturated rings. The van der Waals surface area contributed by atoms with Crippen LogP contribution < -0.4 is 10.6 Å². The summed E-state index contributed by atoms with van der Waals surface area (Å²) in [7, 11) is 0. The van der Waals surface area contributed by atoms with Gasteiger partial charge in [-0.25, -0.2) is 0 Å². The van der Waals surface area contributed by atoms with Gasteiger partial charge < -0.3 is 20.5 Å². The molecule has 5 nitrogen and oxygen atoms in total. The van der Waals surface area contributed by atoms with Crippen molar-refractivity contribution in [1.82, 2.24) is 10.6 Å². The zero-order chi connectivity index (χ0) is 15.0. The van der Waals surface area contributed by atoms with E-state index in [0.29, 0.717) is 19.8 Å². The lowest BCUT2D eigenvalue weighted by Gasteiger charge is -2.26. The van der Waals surface area contributed by atoms with E-state index >= 15 is 0 Å². The van der Waals surface area contributed by atoms with Crippen molar-refractivity contribution < 1.29 is 14.6 Å². The molecule has 0 radical (unpaired) electrons. The molecule has 1 heterocycles. The fourth-order valence-corrected chi connectivity index (χ4v) is 2.45. The van der Waals surface area contributed by atoms with Crippen LogP contribution in [0.3, 0.4) is 0 Å². The zero-order valence-corrected chi connectivity index (χ0v) is 13.1. The van der Waals surface area contributed by atoms with Crippen LogP contribution in [0.5, 0.6) is 0 Å². The highest BCUT2D eigenvalue weighted by Gasteiger charge is 2.34. The third kappa shape index (κ3) is 5.77. The molecule has 1 amide bonds. The molecule has 1 saturated heterocycles. The van der Waals surface area contributed by atoms with Gasteiger partial charge in [-0.05, 0) is 31.2 Å². The minimum Gasteiger partial charge on any atom is -0.396 e. The van der Waals surface area contributed by atoms with Gasteiger partial charge in [-0.3, -0.25) is 4.79 Å². The molecular formula is C15H30N2O3. The van der Waals surface area contributed by atoms with Crippen molar-refractivity contribution in [2.75, 3.05) is 32.9 Å². The Morgan fingerprint density at radius 2 is 2.15 bits per heavy atom. The van der Waals surface area contributed by atoms with Gasteiger partial charge >= 0.3 is 0 Å². The number of nitrogens with one attached hydrogen (secondary N) is 2. The highest BCUT2D eigenvalue weighted by Crippen LogP contribution is 2.21. The van der Waals surface area contributed by atoms with Crippen molar-refractivity contribution in [2.45, 2.75) is 46.1 Å². The molecule has 0 spiro atoms. The molecule has 0 aliphatic carbocycles. The summed E-state index contributed by atoms with van der Waals surface area (Å²) >= 11 is 0. The molecule has 2 atom stereocenters. The van der Waals surface area contributed by atoms with Gasteiger partial charge in [0.2, 0.25) is 5.91 Å². The molecular weight excluding hydrogens is 256 g/mol. The van der Waals surface area contributed by atoms with Crippen molar-refractivity contribution in [3.05, 3.63) is 0 Å². The van der Waals surface area contributed by atoms with Gasteiger partial charge in [0.05, 0.1) is 19.1 Å². The molecule has 2 unspecified atom stereocenters. The Morgan fingerprint density at radius 3 is 2.80 bits per heavy atom. The first-order chi connectivity index (χ1) is 9.50. The van der Waals surface area contributed by atoms with Crippen molar-refractivity contribution >= 4 is 5.91 Å². The minimum absolute atomic E-state index is 0.0181. The summed E-state index contributed by atoms with van der Waals surface area (Å²) in [5.74, 6) is -0.0108. The van der Waals surface area contributed by atoms with Crippen LogP contribution in [0.25, 0.3) is 0 Å². The molecule has 1 aliphatic rings. The highest BCUT2D eigenvalue weighted by atomic mass is 16.5. The lowest BCUT2D eigenvalue weighted by molar-refractivity contribution is -0.125. The summed E-state index contributed by atoms with van der Waals surface area (Å²) in [4.78, 5) is 12.3. The zero-order valence-electron chi connectivity index (χ0n) is 13.1. The maximum absolute atomic E-state index is 12.3. The van der Waals surface area contributed by atoms with Crippen LogP contribution >= 0.6 is 0 Å². The van der Waals surface area contributed by atoms with Crippen LogP contribution in [0.2, 0.25) is 0 Å². The van der Waals surface area contributed by atoms with E-state index in [2.05, 4.69) is 31.4 Å². The minimum atomic E-state index is -0.0878. The predicted molar refractivity (Wildman–Crippen MR) is 79.5 cm³/mol. The third-order valence-electron chi connectivity index (χ3n) is 3.83. The van der Waals surface area contributed by atoms with Crippen molar-refractivity contribution in [3.63, 3.8) is 0 Å². The molecule has 1 aliphatic heterocycles. The quantitative estimate of drug-likeness (QED) is 0.589. The summed E-state index contributed by atoms with van der Waals surface area (Å²) in [5, 5.41) is 15.3. The van der Waals surface area contributed by atoms with E-state index in [0.717, 1.165) is 25.8 Å². The number of carbonyl (C=O) groups excluding carboxylic acids is 1. The van der Waals surface area contributed by atoms with Gasteiger partial charge in [-0.15, -0.1) is 0 Å². The Hall–Kier alpha value is -0.650. The van der Waals surface area contributed by atoms with E-state index in [1.807, 2.05) is 0 Å². The van der Waals surface area contributed by atoms with Gasteiger partial charge in [0.15, 0.2) is 0 Å². The van der Waals surface area contributed by atoms with Crippen LogP contribution in [0.4, 0.5) is 0 Å². The Balaban J connectivity index is 2.37. The van der Waals surface area contributed by atoms with E-state index in [-0.39, 0.29) is 29.9 Å². The molecule has 0 aromatic rings. The Morgan fingerprint density at radius 1 is 1.40 bits per heavy atom. The first-order valence-corrected chi connectivity index (χ1v) is 7.70. The Kier molecular flexibility index (Phi) is 7.48. The molecule has 5 heteroatoms. The Bertz CT molecular complexity index is 295. The SMILES string of the molecule is CCCNC1COCC1C(=O)NCC(C)(C)CCCO. The van der Waals surface area contributed by atoms with E-state index < -0.39 is 0 Å². The van der Waals surface area contributed by atoms with Crippen LogP contribution in [0, 0.1) is 11.3 Å². The van der Waals surface area contributed by atoms with Crippen LogP contribution in [-0.4, -0.2) is 50.0 Å².